The Balaban J connectivity index is 2.05. The number of ether oxygens (including phenoxy) is 1. The van der Waals surface area contributed by atoms with E-state index < -0.39 is 9.05 Å². The summed E-state index contributed by atoms with van der Waals surface area (Å²) in [6.45, 7) is 1.69. The fraction of sp³-hybridized carbons (Fsp3) is 0.118. The Morgan fingerprint density at radius 2 is 1.81 bits per heavy atom. The summed E-state index contributed by atoms with van der Waals surface area (Å²) in [6, 6.07) is 12.9. The largest absolute Gasteiger partial charge is 0.494 e. The number of methoxy groups -OCH3 is 1. The van der Waals surface area contributed by atoms with Crippen LogP contribution in [0, 0.1) is 6.92 Å². The van der Waals surface area contributed by atoms with Crippen molar-refractivity contribution < 1.29 is 13.2 Å². The van der Waals surface area contributed by atoms with Crippen LogP contribution in [0.3, 0.4) is 0 Å². The highest BCUT2D eigenvalue weighted by molar-refractivity contribution is 8.13. The second kappa shape index (κ2) is 7.37. The molecule has 10 heteroatoms. The van der Waals surface area contributed by atoms with Crippen molar-refractivity contribution in [3.63, 3.8) is 0 Å². The molecule has 1 heterocycles. The molecule has 0 atom stereocenters. The topological polar surface area (TPSA) is 106 Å². The van der Waals surface area contributed by atoms with E-state index in [9.17, 15) is 13.2 Å². The molecule has 0 radical (unpaired) electrons. The van der Waals surface area contributed by atoms with Gasteiger partial charge in [0, 0.05) is 10.7 Å². The van der Waals surface area contributed by atoms with Crippen molar-refractivity contribution in [1.29, 1.82) is 0 Å². The Bertz CT molecular complexity index is 1170. The predicted molar refractivity (Wildman–Crippen MR) is 101 cm³/mol. The maximum atomic E-state index is 12.6. The summed E-state index contributed by atoms with van der Waals surface area (Å²) < 4.78 is 29.5. The molecule has 0 aliphatic carbocycles. The molecule has 0 amide bonds. The molecule has 0 saturated carbocycles. The second-order valence-electron chi connectivity index (χ2n) is 5.53. The number of H-pyrrole nitrogens is 1. The SMILES string of the molecule is COc1ccc(S(=O)(=O)Cl)cc1N=Nc1c(C)[nH]n(-c2ccccc2)c1=O. The van der Waals surface area contributed by atoms with Crippen LogP contribution in [0.5, 0.6) is 5.75 Å². The van der Waals surface area contributed by atoms with Gasteiger partial charge >= 0.3 is 0 Å². The molecule has 0 bridgehead atoms. The van der Waals surface area contributed by atoms with E-state index in [0.717, 1.165) is 0 Å². The van der Waals surface area contributed by atoms with Gasteiger partial charge in [-0.25, -0.2) is 13.1 Å². The van der Waals surface area contributed by atoms with Crippen molar-refractivity contribution in [3.05, 3.63) is 64.6 Å². The minimum atomic E-state index is -3.94. The number of halogens is 1. The van der Waals surface area contributed by atoms with Crippen LogP contribution in [0.25, 0.3) is 5.69 Å². The molecule has 140 valence electrons. The van der Waals surface area contributed by atoms with E-state index in [0.29, 0.717) is 17.1 Å². The third kappa shape index (κ3) is 3.93. The summed E-state index contributed by atoms with van der Waals surface area (Å²) in [5.41, 5.74) is 1.00. The molecule has 1 N–H and O–H groups in total. The molecule has 0 saturated heterocycles. The van der Waals surface area contributed by atoms with E-state index in [4.69, 9.17) is 15.4 Å². The molecule has 3 aromatic rings. The first kappa shape index (κ1) is 18.9. The molecule has 2 aromatic carbocycles. The van der Waals surface area contributed by atoms with Crippen LogP contribution >= 0.6 is 10.7 Å². The maximum absolute atomic E-state index is 12.6. The molecule has 1 aromatic heterocycles. The average molecular weight is 407 g/mol. The van der Waals surface area contributed by atoms with Gasteiger partial charge in [0.1, 0.15) is 11.4 Å². The second-order valence-corrected chi connectivity index (χ2v) is 8.10. The molecular weight excluding hydrogens is 392 g/mol. The van der Waals surface area contributed by atoms with Crippen molar-refractivity contribution in [2.24, 2.45) is 10.2 Å². The average Bonchev–Trinajstić information content (AvgIpc) is 2.93. The fourth-order valence-electron chi connectivity index (χ4n) is 2.42. The van der Waals surface area contributed by atoms with Gasteiger partial charge in [0.2, 0.25) is 0 Å². The van der Waals surface area contributed by atoms with Crippen LogP contribution in [0.4, 0.5) is 11.4 Å². The maximum Gasteiger partial charge on any atom is 0.299 e. The molecule has 0 unspecified atom stereocenters. The summed E-state index contributed by atoms with van der Waals surface area (Å²) >= 11 is 0. The van der Waals surface area contributed by atoms with Gasteiger partial charge in [0.25, 0.3) is 14.6 Å². The summed E-state index contributed by atoms with van der Waals surface area (Å²) in [4.78, 5) is 12.5. The van der Waals surface area contributed by atoms with Crippen LogP contribution in [-0.2, 0) is 9.05 Å². The molecule has 0 aliphatic heterocycles. The van der Waals surface area contributed by atoms with Gasteiger partial charge in [0.05, 0.1) is 23.4 Å². The number of aryl methyl sites for hydroxylation is 1. The van der Waals surface area contributed by atoms with Crippen LogP contribution in [-0.4, -0.2) is 25.3 Å². The Kier molecular flexibility index (Phi) is 5.15. The van der Waals surface area contributed by atoms with Crippen molar-refractivity contribution in [2.45, 2.75) is 11.8 Å². The van der Waals surface area contributed by atoms with Crippen LogP contribution in [0.2, 0.25) is 0 Å². The highest BCUT2D eigenvalue weighted by atomic mass is 35.7. The number of benzene rings is 2. The van der Waals surface area contributed by atoms with E-state index in [1.165, 1.54) is 30.0 Å². The zero-order valence-electron chi connectivity index (χ0n) is 14.4. The van der Waals surface area contributed by atoms with Gasteiger partial charge < -0.3 is 4.74 Å². The molecular formula is C17H15ClN4O4S. The van der Waals surface area contributed by atoms with Gasteiger partial charge in [-0.15, -0.1) is 10.2 Å². The number of hydrogen-bond acceptors (Lipinski definition) is 6. The summed E-state index contributed by atoms with van der Waals surface area (Å²) in [5, 5.41) is 10.9. The number of aromatic amines is 1. The summed E-state index contributed by atoms with van der Waals surface area (Å²) in [6.07, 6.45) is 0. The number of azo groups is 1. The molecule has 0 spiro atoms. The minimum absolute atomic E-state index is 0.0973. The first-order valence-corrected chi connectivity index (χ1v) is 10.0. The zero-order chi connectivity index (χ0) is 19.6. The van der Waals surface area contributed by atoms with Crippen molar-refractivity contribution in [2.75, 3.05) is 7.11 Å². The Hall–Kier alpha value is -2.91. The fourth-order valence-corrected chi connectivity index (χ4v) is 3.19. The number of rotatable bonds is 5. The third-order valence-corrected chi connectivity index (χ3v) is 5.10. The number of hydrogen-bond donors (Lipinski definition) is 1. The van der Waals surface area contributed by atoms with Gasteiger partial charge in [-0.05, 0) is 37.3 Å². The Labute approximate surface area is 159 Å². The van der Waals surface area contributed by atoms with E-state index in [2.05, 4.69) is 15.3 Å². The van der Waals surface area contributed by atoms with Crippen molar-refractivity contribution in [3.8, 4) is 11.4 Å². The van der Waals surface area contributed by atoms with Gasteiger partial charge in [0.15, 0.2) is 5.69 Å². The quantitative estimate of drug-likeness (QED) is 0.513. The highest BCUT2D eigenvalue weighted by Crippen LogP contribution is 2.32. The van der Waals surface area contributed by atoms with Gasteiger partial charge in [-0.2, -0.15) is 0 Å². The van der Waals surface area contributed by atoms with E-state index in [1.807, 2.05) is 18.2 Å². The normalized spacial score (nSPS) is 11.8. The number of nitrogens with zero attached hydrogens (tertiary/aromatic N) is 3. The van der Waals surface area contributed by atoms with Crippen molar-refractivity contribution >= 4 is 31.1 Å². The van der Waals surface area contributed by atoms with E-state index in [-0.39, 0.29) is 21.8 Å². The Morgan fingerprint density at radius 1 is 1.11 bits per heavy atom. The molecule has 3 rings (SSSR count). The first-order chi connectivity index (χ1) is 12.8. The predicted octanol–water partition coefficient (Wildman–Crippen LogP) is 3.83. The van der Waals surface area contributed by atoms with E-state index >= 15 is 0 Å². The summed E-state index contributed by atoms with van der Waals surface area (Å²) in [7, 11) is 2.84. The number of nitrogens with one attached hydrogen (secondary N) is 1. The first-order valence-electron chi connectivity index (χ1n) is 7.73. The standard InChI is InChI=1S/C17H15ClN4O4S/c1-11-16(17(23)22(21-11)12-6-4-3-5-7-12)20-19-14-10-13(27(18,24)25)8-9-15(14)26-2/h3-10,21H,1-2H3. The van der Waals surface area contributed by atoms with E-state index in [1.54, 1.807) is 19.1 Å². The van der Waals surface area contributed by atoms with Crippen LogP contribution in [0.1, 0.15) is 5.69 Å². The zero-order valence-corrected chi connectivity index (χ0v) is 16.0. The monoisotopic (exact) mass is 406 g/mol. The third-order valence-electron chi connectivity index (χ3n) is 3.74. The Morgan fingerprint density at radius 3 is 2.44 bits per heavy atom. The molecule has 0 fully saturated rings. The minimum Gasteiger partial charge on any atom is -0.494 e. The van der Waals surface area contributed by atoms with Crippen molar-refractivity contribution in [1.82, 2.24) is 9.78 Å². The number of para-hydroxylation sites is 1. The lowest BCUT2D eigenvalue weighted by molar-refractivity contribution is 0.415. The lowest BCUT2D eigenvalue weighted by Crippen LogP contribution is -2.13. The molecule has 0 aliphatic rings. The lowest BCUT2D eigenvalue weighted by atomic mass is 10.3. The van der Waals surface area contributed by atoms with Gasteiger partial charge in [-0.3, -0.25) is 9.89 Å². The highest BCUT2D eigenvalue weighted by Gasteiger charge is 2.15. The smallest absolute Gasteiger partial charge is 0.299 e. The van der Waals surface area contributed by atoms with Gasteiger partial charge in [-0.1, -0.05) is 18.2 Å². The molecule has 27 heavy (non-hydrogen) atoms. The summed E-state index contributed by atoms with van der Waals surface area (Å²) in [5.74, 6) is 0.291. The van der Waals surface area contributed by atoms with Crippen LogP contribution in [0.15, 0.2) is 68.4 Å². The van der Waals surface area contributed by atoms with Crippen LogP contribution < -0.4 is 10.3 Å². The lowest BCUT2D eigenvalue weighted by Gasteiger charge is -2.04. The number of aromatic nitrogens is 2. The molecule has 8 nitrogen and oxygen atoms in total.